The number of carboxylic acids is 1. The topological polar surface area (TPSA) is 84.3 Å². The monoisotopic (exact) mass is 225 g/mol. The van der Waals surface area contributed by atoms with Crippen molar-refractivity contribution in [2.24, 2.45) is 0 Å². The first kappa shape index (κ1) is 12.4. The van der Waals surface area contributed by atoms with Crippen LogP contribution in [0.3, 0.4) is 0 Å². The van der Waals surface area contributed by atoms with Crippen LogP contribution in [0.2, 0.25) is 0 Å². The van der Waals surface area contributed by atoms with Gasteiger partial charge >= 0.3 is 5.97 Å². The molecule has 0 atom stereocenters. The third kappa shape index (κ3) is 3.82. The lowest BCUT2D eigenvalue weighted by Crippen LogP contribution is -2.10. The first-order valence-electron chi connectivity index (χ1n) is 4.95. The standard InChI is InChI=1S/C10H15N3O3/c1-7-12-8(10(14)15)6-9(13-7)11-4-3-5-16-2/h6H,3-5H2,1-2H3,(H,14,15)(H,11,12,13). The summed E-state index contributed by atoms with van der Waals surface area (Å²) in [6.45, 7) is 3.00. The molecule has 1 aromatic rings. The van der Waals surface area contributed by atoms with E-state index in [0.29, 0.717) is 24.8 Å². The maximum absolute atomic E-state index is 10.7. The van der Waals surface area contributed by atoms with E-state index in [1.807, 2.05) is 0 Å². The van der Waals surface area contributed by atoms with Crippen LogP contribution in [0.25, 0.3) is 0 Å². The van der Waals surface area contributed by atoms with E-state index in [9.17, 15) is 4.79 Å². The SMILES string of the molecule is COCCCNc1cc(C(=O)O)nc(C)n1. The first-order valence-corrected chi connectivity index (χ1v) is 4.95. The van der Waals surface area contributed by atoms with E-state index < -0.39 is 5.97 Å². The second kappa shape index (κ2) is 6.02. The van der Waals surface area contributed by atoms with E-state index in [1.165, 1.54) is 6.07 Å². The van der Waals surface area contributed by atoms with Gasteiger partial charge in [0, 0.05) is 26.3 Å². The van der Waals surface area contributed by atoms with Crippen LogP contribution in [0.4, 0.5) is 5.82 Å². The van der Waals surface area contributed by atoms with Crippen molar-refractivity contribution in [3.8, 4) is 0 Å². The van der Waals surface area contributed by atoms with Crippen molar-refractivity contribution in [3.63, 3.8) is 0 Å². The highest BCUT2D eigenvalue weighted by Crippen LogP contribution is 2.06. The Morgan fingerprint density at radius 1 is 1.56 bits per heavy atom. The van der Waals surface area contributed by atoms with Crippen LogP contribution in [-0.2, 0) is 4.74 Å². The van der Waals surface area contributed by atoms with Gasteiger partial charge in [-0.1, -0.05) is 0 Å². The predicted octanol–water partition coefficient (Wildman–Crippen LogP) is 0.932. The van der Waals surface area contributed by atoms with Crippen molar-refractivity contribution >= 4 is 11.8 Å². The Labute approximate surface area is 93.7 Å². The molecule has 0 fully saturated rings. The average molecular weight is 225 g/mol. The van der Waals surface area contributed by atoms with Crippen molar-refractivity contribution in [2.75, 3.05) is 25.6 Å². The van der Waals surface area contributed by atoms with Gasteiger partial charge in [0.05, 0.1) is 0 Å². The van der Waals surface area contributed by atoms with Crippen molar-refractivity contribution < 1.29 is 14.6 Å². The highest BCUT2D eigenvalue weighted by Gasteiger charge is 2.07. The molecule has 0 amide bonds. The second-order valence-corrected chi connectivity index (χ2v) is 3.26. The zero-order chi connectivity index (χ0) is 12.0. The fourth-order valence-electron chi connectivity index (χ4n) is 1.20. The third-order valence-corrected chi connectivity index (χ3v) is 1.89. The minimum Gasteiger partial charge on any atom is -0.477 e. The zero-order valence-corrected chi connectivity index (χ0v) is 9.36. The Morgan fingerprint density at radius 3 is 2.94 bits per heavy atom. The molecule has 1 heterocycles. The van der Waals surface area contributed by atoms with Crippen molar-refractivity contribution in [1.82, 2.24) is 9.97 Å². The molecule has 0 unspecified atom stereocenters. The lowest BCUT2D eigenvalue weighted by molar-refractivity contribution is 0.0690. The van der Waals surface area contributed by atoms with E-state index in [2.05, 4.69) is 15.3 Å². The molecule has 0 spiro atoms. The van der Waals surface area contributed by atoms with Gasteiger partial charge in [-0.2, -0.15) is 0 Å². The van der Waals surface area contributed by atoms with Crippen molar-refractivity contribution in [1.29, 1.82) is 0 Å². The van der Waals surface area contributed by atoms with E-state index in [4.69, 9.17) is 9.84 Å². The van der Waals surface area contributed by atoms with Gasteiger partial charge in [-0.25, -0.2) is 14.8 Å². The van der Waals surface area contributed by atoms with Gasteiger partial charge in [-0.3, -0.25) is 0 Å². The summed E-state index contributed by atoms with van der Waals surface area (Å²) in [6.07, 6.45) is 0.835. The normalized spacial score (nSPS) is 10.1. The van der Waals surface area contributed by atoms with Gasteiger partial charge in [-0.05, 0) is 13.3 Å². The summed E-state index contributed by atoms with van der Waals surface area (Å²) in [5.41, 5.74) is 0.00161. The second-order valence-electron chi connectivity index (χ2n) is 3.26. The molecular formula is C10H15N3O3. The van der Waals surface area contributed by atoms with Crippen LogP contribution in [0.5, 0.6) is 0 Å². The van der Waals surface area contributed by atoms with Crippen LogP contribution in [0.1, 0.15) is 22.7 Å². The number of nitrogens with zero attached hydrogens (tertiary/aromatic N) is 2. The molecule has 16 heavy (non-hydrogen) atoms. The molecule has 88 valence electrons. The number of carboxylic acid groups (broad SMARTS) is 1. The number of aryl methyl sites for hydroxylation is 1. The van der Waals surface area contributed by atoms with Gasteiger partial charge in [0.25, 0.3) is 0 Å². The van der Waals surface area contributed by atoms with Crippen molar-refractivity contribution in [2.45, 2.75) is 13.3 Å². The van der Waals surface area contributed by atoms with Gasteiger partial charge in [0.2, 0.25) is 0 Å². The average Bonchev–Trinajstić information content (AvgIpc) is 2.23. The molecule has 0 aliphatic carbocycles. The number of ether oxygens (including phenoxy) is 1. The molecule has 1 rings (SSSR count). The van der Waals surface area contributed by atoms with Gasteiger partial charge in [0.1, 0.15) is 11.6 Å². The third-order valence-electron chi connectivity index (χ3n) is 1.89. The highest BCUT2D eigenvalue weighted by molar-refractivity contribution is 5.86. The van der Waals surface area contributed by atoms with Crippen LogP contribution >= 0.6 is 0 Å². The van der Waals surface area contributed by atoms with E-state index in [1.54, 1.807) is 14.0 Å². The van der Waals surface area contributed by atoms with E-state index in [-0.39, 0.29) is 5.69 Å². The zero-order valence-electron chi connectivity index (χ0n) is 9.36. The minimum atomic E-state index is -1.05. The molecule has 0 saturated heterocycles. The Kier molecular flexibility index (Phi) is 4.65. The largest absolute Gasteiger partial charge is 0.477 e. The van der Waals surface area contributed by atoms with Gasteiger partial charge in [0.15, 0.2) is 5.69 Å². The Balaban J connectivity index is 2.62. The van der Waals surface area contributed by atoms with Crippen LogP contribution in [-0.4, -0.2) is 41.3 Å². The summed E-state index contributed by atoms with van der Waals surface area (Å²) in [5.74, 6) is -0.0828. The Morgan fingerprint density at radius 2 is 2.31 bits per heavy atom. The maximum Gasteiger partial charge on any atom is 0.354 e. The number of carbonyl (C=O) groups is 1. The molecule has 2 N–H and O–H groups in total. The number of aromatic nitrogens is 2. The summed E-state index contributed by atoms with van der Waals surface area (Å²) in [6, 6.07) is 1.42. The van der Waals surface area contributed by atoms with E-state index in [0.717, 1.165) is 6.42 Å². The fourth-order valence-corrected chi connectivity index (χ4v) is 1.20. The molecule has 0 saturated carbocycles. The quantitative estimate of drug-likeness (QED) is 0.701. The number of anilines is 1. The number of hydrogen-bond acceptors (Lipinski definition) is 5. The summed E-state index contributed by atoms with van der Waals surface area (Å²) in [4.78, 5) is 18.6. The fraction of sp³-hybridized carbons (Fsp3) is 0.500. The first-order chi connectivity index (χ1) is 7.63. The van der Waals surface area contributed by atoms with Crippen LogP contribution in [0.15, 0.2) is 6.07 Å². The Bertz CT molecular complexity index is 368. The molecule has 0 aliphatic rings. The molecular weight excluding hydrogens is 210 g/mol. The lowest BCUT2D eigenvalue weighted by Gasteiger charge is -2.06. The summed E-state index contributed by atoms with van der Waals surface area (Å²) < 4.78 is 4.90. The summed E-state index contributed by atoms with van der Waals surface area (Å²) in [5, 5.41) is 11.8. The number of nitrogens with one attached hydrogen (secondary N) is 1. The predicted molar refractivity (Wildman–Crippen MR) is 58.7 cm³/mol. The molecule has 6 nitrogen and oxygen atoms in total. The summed E-state index contributed by atoms with van der Waals surface area (Å²) >= 11 is 0. The smallest absolute Gasteiger partial charge is 0.354 e. The maximum atomic E-state index is 10.7. The van der Waals surface area contributed by atoms with Gasteiger partial charge < -0.3 is 15.2 Å². The van der Waals surface area contributed by atoms with Gasteiger partial charge in [-0.15, -0.1) is 0 Å². The summed E-state index contributed by atoms with van der Waals surface area (Å²) in [7, 11) is 1.64. The van der Waals surface area contributed by atoms with Crippen LogP contribution in [0, 0.1) is 6.92 Å². The van der Waals surface area contributed by atoms with Crippen molar-refractivity contribution in [3.05, 3.63) is 17.6 Å². The van der Waals surface area contributed by atoms with E-state index >= 15 is 0 Å². The number of hydrogen-bond donors (Lipinski definition) is 2. The van der Waals surface area contributed by atoms with Crippen LogP contribution < -0.4 is 5.32 Å². The minimum absolute atomic E-state index is 0.00161. The molecule has 1 aromatic heterocycles. The number of methoxy groups -OCH3 is 1. The molecule has 0 aromatic carbocycles. The molecule has 0 radical (unpaired) electrons. The molecule has 6 heteroatoms. The lowest BCUT2D eigenvalue weighted by atomic mass is 10.3. The molecule has 0 aliphatic heterocycles. The Hall–Kier alpha value is -1.69. The highest BCUT2D eigenvalue weighted by atomic mass is 16.5. The number of rotatable bonds is 6. The molecule has 0 bridgehead atoms. The number of aromatic carboxylic acids is 1.